The van der Waals surface area contributed by atoms with E-state index in [-0.39, 0.29) is 0 Å². The third-order valence-corrected chi connectivity index (χ3v) is 3.57. The van der Waals surface area contributed by atoms with Gasteiger partial charge in [-0.3, -0.25) is 0 Å². The van der Waals surface area contributed by atoms with Crippen molar-refractivity contribution in [2.75, 3.05) is 0 Å². The normalized spacial score (nSPS) is 11.3. The third kappa shape index (κ3) is 2.85. The number of benzene rings is 3. The highest BCUT2D eigenvalue weighted by Crippen LogP contribution is 2.22. The average molecular weight is 269 g/mol. The van der Waals surface area contributed by atoms with Crippen LogP contribution in [0.15, 0.2) is 66.7 Å². The highest BCUT2D eigenvalue weighted by atomic mass is 14.2. The molecule has 0 aliphatic rings. The highest BCUT2D eigenvalue weighted by molar-refractivity contribution is 5.94. The Kier molecular flexibility index (Phi) is 3.53. The summed E-state index contributed by atoms with van der Waals surface area (Å²) < 4.78 is 0. The summed E-state index contributed by atoms with van der Waals surface area (Å²) in [6, 6.07) is 24.8. The second kappa shape index (κ2) is 5.64. The molecule has 0 unspecified atom stereocenters. The molecule has 0 fully saturated rings. The molecule has 0 N–H and O–H groups in total. The summed E-state index contributed by atoms with van der Waals surface area (Å²) in [5.74, 6) is 0. The first-order chi connectivity index (χ1) is 10.3. The van der Waals surface area contributed by atoms with Gasteiger partial charge in [0.2, 0.25) is 0 Å². The second-order valence-electron chi connectivity index (χ2n) is 5.14. The summed E-state index contributed by atoms with van der Waals surface area (Å²) in [7, 11) is 0. The SMILES string of the molecule is Cc1ccc(C=C(C#N)c2ccc3ccccc3c2)cc1. The zero-order chi connectivity index (χ0) is 14.7. The van der Waals surface area contributed by atoms with Gasteiger partial charge >= 0.3 is 0 Å². The first-order valence-electron chi connectivity index (χ1n) is 6.94. The lowest BCUT2D eigenvalue weighted by Crippen LogP contribution is -1.83. The van der Waals surface area contributed by atoms with Crippen molar-refractivity contribution in [2.24, 2.45) is 0 Å². The van der Waals surface area contributed by atoms with Crippen LogP contribution in [0.3, 0.4) is 0 Å². The van der Waals surface area contributed by atoms with Crippen LogP contribution in [0.5, 0.6) is 0 Å². The largest absolute Gasteiger partial charge is 0.192 e. The van der Waals surface area contributed by atoms with E-state index in [1.54, 1.807) is 0 Å². The molecule has 3 aromatic carbocycles. The van der Waals surface area contributed by atoms with Crippen LogP contribution in [0.25, 0.3) is 22.4 Å². The van der Waals surface area contributed by atoms with E-state index in [1.807, 2.05) is 36.4 Å². The predicted molar refractivity (Wildman–Crippen MR) is 88.6 cm³/mol. The van der Waals surface area contributed by atoms with E-state index >= 15 is 0 Å². The lowest BCUT2D eigenvalue weighted by molar-refractivity contribution is 1.46. The first-order valence-corrected chi connectivity index (χ1v) is 6.94. The summed E-state index contributed by atoms with van der Waals surface area (Å²) in [6.45, 7) is 2.06. The van der Waals surface area contributed by atoms with Crippen molar-refractivity contribution in [3.63, 3.8) is 0 Å². The van der Waals surface area contributed by atoms with Crippen LogP contribution in [0.1, 0.15) is 16.7 Å². The Morgan fingerprint density at radius 1 is 0.905 bits per heavy atom. The molecule has 21 heavy (non-hydrogen) atoms. The van der Waals surface area contributed by atoms with Crippen molar-refractivity contribution in [3.05, 3.63) is 83.4 Å². The first kappa shape index (κ1) is 13.1. The molecule has 1 heteroatoms. The molecule has 1 nitrogen and oxygen atoms in total. The molecular weight excluding hydrogens is 254 g/mol. The van der Waals surface area contributed by atoms with E-state index in [0.29, 0.717) is 5.57 Å². The van der Waals surface area contributed by atoms with Gasteiger partial charge in [0.15, 0.2) is 0 Å². The highest BCUT2D eigenvalue weighted by Gasteiger charge is 2.02. The molecule has 0 amide bonds. The monoisotopic (exact) mass is 269 g/mol. The molecular formula is C20H15N. The Bertz CT molecular complexity index is 849. The van der Waals surface area contributed by atoms with E-state index in [4.69, 9.17) is 0 Å². The van der Waals surface area contributed by atoms with Gasteiger partial charge < -0.3 is 0 Å². The third-order valence-electron chi connectivity index (χ3n) is 3.57. The molecule has 0 aliphatic heterocycles. The molecule has 3 rings (SSSR count). The summed E-state index contributed by atoms with van der Waals surface area (Å²) in [6.07, 6.45) is 1.93. The molecule has 0 bridgehead atoms. The second-order valence-corrected chi connectivity index (χ2v) is 5.14. The fraction of sp³-hybridized carbons (Fsp3) is 0.0500. The van der Waals surface area contributed by atoms with Crippen LogP contribution < -0.4 is 0 Å². The number of aryl methyl sites for hydroxylation is 1. The van der Waals surface area contributed by atoms with E-state index < -0.39 is 0 Å². The Balaban J connectivity index is 2.05. The number of nitrogens with zero attached hydrogens (tertiary/aromatic N) is 1. The molecule has 100 valence electrons. The maximum atomic E-state index is 9.45. The summed E-state index contributed by atoms with van der Waals surface area (Å²) in [4.78, 5) is 0. The minimum atomic E-state index is 0.685. The van der Waals surface area contributed by atoms with Gasteiger partial charge in [0.1, 0.15) is 0 Å². The van der Waals surface area contributed by atoms with Gasteiger partial charge in [-0.15, -0.1) is 0 Å². The van der Waals surface area contributed by atoms with Crippen LogP contribution in [0.2, 0.25) is 0 Å². The maximum absolute atomic E-state index is 9.45. The molecule has 0 saturated carbocycles. The maximum Gasteiger partial charge on any atom is 0.0998 e. The minimum Gasteiger partial charge on any atom is -0.192 e. The number of fused-ring (bicyclic) bond motifs is 1. The molecule has 0 aliphatic carbocycles. The van der Waals surface area contributed by atoms with E-state index in [9.17, 15) is 5.26 Å². The number of nitriles is 1. The van der Waals surface area contributed by atoms with Gasteiger partial charge in [-0.25, -0.2) is 0 Å². The standard InChI is InChI=1S/C20H15N/c1-15-6-8-16(9-7-15)12-20(14-21)19-11-10-17-4-2-3-5-18(17)13-19/h2-13H,1H3. The molecule has 0 spiro atoms. The number of allylic oxidation sites excluding steroid dienone is 1. The van der Waals surface area contributed by atoms with Gasteiger partial charge in [0.25, 0.3) is 0 Å². The fourth-order valence-electron chi connectivity index (χ4n) is 2.37. The van der Waals surface area contributed by atoms with Crippen LogP contribution in [0.4, 0.5) is 0 Å². The lowest BCUT2D eigenvalue weighted by atomic mass is 10.00. The quantitative estimate of drug-likeness (QED) is 0.462. The Morgan fingerprint density at radius 2 is 1.62 bits per heavy atom. The molecule has 0 saturated heterocycles. The Labute approximate surface area is 124 Å². The summed E-state index contributed by atoms with van der Waals surface area (Å²) in [5, 5.41) is 11.8. The lowest BCUT2D eigenvalue weighted by Gasteiger charge is -2.03. The number of hydrogen-bond donors (Lipinski definition) is 0. The van der Waals surface area contributed by atoms with Gasteiger partial charge in [0.05, 0.1) is 11.6 Å². The Morgan fingerprint density at radius 3 is 2.33 bits per heavy atom. The molecule has 0 radical (unpaired) electrons. The van der Waals surface area contributed by atoms with Crippen molar-refractivity contribution in [2.45, 2.75) is 6.92 Å². The zero-order valence-electron chi connectivity index (χ0n) is 11.9. The van der Waals surface area contributed by atoms with E-state index in [0.717, 1.165) is 16.5 Å². The topological polar surface area (TPSA) is 23.8 Å². The van der Waals surface area contributed by atoms with Crippen LogP contribution in [0, 0.1) is 18.3 Å². The molecule has 3 aromatic rings. The average Bonchev–Trinajstić information content (AvgIpc) is 2.54. The van der Waals surface area contributed by atoms with Crippen molar-refractivity contribution in [1.29, 1.82) is 5.26 Å². The molecule has 0 atom stereocenters. The summed E-state index contributed by atoms with van der Waals surface area (Å²) >= 11 is 0. The van der Waals surface area contributed by atoms with E-state index in [1.165, 1.54) is 10.9 Å². The van der Waals surface area contributed by atoms with Crippen LogP contribution in [-0.4, -0.2) is 0 Å². The van der Waals surface area contributed by atoms with E-state index in [2.05, 4.69) is 49.4 Å². The van der Waals surface area contributed by atoms with Gasteiger partial charge in [-0.2, -0.15) is 5.26 Å². The van der Waals surface area contributed by atoms with Crippen molar-refractivity contribution < 1.29 is 0 Å². The van der Waals surface area contributed by atoms with Crippen molar-refractivity contribution >= 4 is 22.4 Å². The Hall–Kier alpha value is -2.85. The van der Waals surface area contributed by atoms with Gasteiger partial charge in [0, 0.05) is 0 Å². The van der Waals surface area contributed by atoms with Crippen LogP contribution in [-0.2, 0) is 0 Å². The molecule has 0 aromatic heterocycles. The van der Waals surface area contributed by atoms with Crippen molar-refractivity contribution in [3.8, 4) is 6.07 Å². The predicted octanol–water partition coefficient (Wildman–Crippen LogP) is 5.21. The number of rotatable bonds is 2. The number of hydrogen-bond acceptors (Lipinski definition) is 1. The van der Waals surface area contributed by atoms with Gasteiger partial charge in [-0.05, 0) is 41.0 Å². The minimum absolute atomic E-state index is 0.685. The zero-order valence-corrected chi connectivity index (χ0v) is 11.9. The summed E-state index contributed by atoms with van der Waals surface area (Å²) in [5.41, 5.74) is 3.91. The van der Waals surface area contributed by atoms with Crippen molar-refractivity contribution in [1.82, 2.24) is 0 Å². The van der Waals surface area contributed by atoms with Gasteiger partial charge in [-0.1, -0.05) is 66.2 Å². The van der Waals surface area contributed by atoms with Crippen LogP contribution >= 0.6 is 0 Å². The fourth-order valence-corrected chi connectivity index (χ4v) is 2.37. The smallest absolute Gasteiger partial charge is 0.0998 e. The molecule has 0 heterocycles.